The highest BCUT2D eigenvalue weighted by Gasteiger charge is 2.15. The van der Waals surface area contributed by atoms with Crippen molar-refractivity contribution in [2.75, 3.05) is 0 Å². The molecule has 1 amide bonds. The standard InChI is InChI=1S/C23H21N3O2/c1-15(2)24-23(28)17-9-7-16(8-10-17)22-25-20-5-3-4-6-21(20)26(22)18-11-13-19(27)14-12-18/h3-15,27H,1-2H3,(H,24,28). The van der Waals surface area contributed by atoms with E-state index in [1.165, 1.54) is 0 Å². The number of carbonyl (C=O) groups is 1. The molecule has 0 aliphatic rings. The Morgan fingerprint density at radius 3 is 2.32 bits per heavy atom. The minimum atomic E-state index is -0.0893. The van der Waals surface area contributed by atoms with Crippen molar-refractivity contribution in [1.82, 2.24) is 14.9 Å². The second-order valence-electron chi connectivity index (χ2n) is 6.98. The lowest BCUT2D eigenvalue weighted by molar-refractivity contribution is 0.0943. The zero-order chi connectivity index (χ0) is 19.7. The molecule has 0 saturated carbocycles. The molecule has 0 aliphatic carbocycles. The van der Waals surface area contributed by atoms with Gasteiger partial charge in [-0.3, -0.25) is 9.36 Å². The SMILES string of the molecule is CC(C)NC(=O)c1ccc(-c2nc3ccccc3n2-c2ccc(O)cc2)cc1. The second kappa shape index (κ2) is 7.19. The van der Waals surface area contributed by atoms with Crippen molar-refractivity contribution in [2.24, 2.45) is 0 Å². The van der Waals surface area contributed by atoms with Crippen LogP contribution in [0.5, 0.6) is 5.75 Å². The fourth-order valence-corrected chi connectivity index (χ4v) is 3.20. The van der Waals surface area contributed by atoms with Gasteiger partial charge in [-0.2, -0.15) is 0 Å². The molecule has 140 valence electrons. The van der Waals surface area contributed by atoms with Crippen molar-refractivity contribution in [2.45, 2.75) is 19.9 Å². The van der Waals surface area contributed by atoms with Crippen molar-refractivity contribution in [1.29, 1.82) is 0 Å². The number of phenols is 1. The van der Waals surface area contributed by atoms with Crippen molar-refractivity contribution in [3.8, 4) is 22.8 Å². The van der Waals surface area contributed by atoms with Crippen molar-refractivity contribution in [3.05, 3.63) is 78.4 Å². The third kappa shape index (κ3) is 3.34. The summed E-state index contributed by atoms with van der Waals surface area (Å²) in [6, 6.07) is 22.5. The van der Waals surface area contributed by atoms with Crippen LogP contribution in [-0.2, 0) is 0 Å². The number of carbonyl (C=O) groups excluding carboxylic acids is 1. The van der Waals surface area contributed by atoms with Gasteiger partial charge in [0.05, 0.1) is 11.0 Å². The zero-order valence-electron chi connectivity index (χ0n) is 15.8. The summed E-state index contributed by atoms with van der Waals surface area (Å²) >= 11 is 0. The van der Waals surface area contributed by atoms with E-state index in [1.54, 1.807) is 12.1 Å². The van der Waals surface area contributed by atoms with Crippen molar-refractivity contribution in [3.63, 3.8) is 0 Å². The van der Waals surface area contributed by atoms with E-state index in [4.69, 9.17) is 4.98 Å². The van der Waals surface area contributed by atoms with Crippen LogP contribution in [0.15, 0.2) is 72.8 Å². The van der Waals surface area contributed by atoms with Crippen LogP contribution in [0.4, 0.5) is 0 Å². The van der Waals surface area contributed by atoms with Crippen LogP contribution >= 0.6 is 0 Å². The summed E-state index contributed by atoms with van der Waals surface area (Å²) in [5, 5.41) is 12.5. The molecule has 0 bridgehead atoms. The number of imidazole rings is 1. The van der Waals surface area contributed by atoms with Crippen LogP contribution in [0.25, 0.3) is 28.1 Å². The number of aromatic nitrogens is 2. The molecular weight excluding hydrogens is 350 g/mol. The van der Waals surface area contributed by atoms with E-state index in [1.807, 2.05) is 74.5 Å². The fraction of sp³-hybridized carbons (Fsp3) is 0.130. The minimum absolute atomic E-state index is 0.0888. The molecule has 5 heteroatoms. The number of aromatic hydroxyl groups is 1. The molecule has 4 aromatic rings. The Morgan fingerprint density at radius 1 is 0.964 bits per heavy atom. The third-order valence-electron chi connectivity index (χ3n) is 4.49. The van der Waals surface area contributed by atoms with Gasteiger partial charge >= 0.3 is 0 Å². The predicted octanol–water partition coefficient (Wildman–Crippen LogP) is 4.54. The molecule has 0 unspecified atom stereocenters. The molecule has 0 fully saturated rings. The first kappa shape index (κ1) is 17.8. The van der Waals surface area contributed by atoms with E-state index in [0.29, 0.717) is 5.56 Å². The molecule has 1 heterocycles. The summed E-state index contributed by atoms with van der Waals surface area (Å²) in [5.41, 5.74) is 4.29. The summed E-state index contributed by atoms with van der Waals surface area (Å²) in [4.78, 5) is 17.0. The molecule has 0 atom stereocenters. The summed E-state index contributed by atoms with van der Waals surface area (Å²) in [7, 11) is 0. The van der Waals surface area contributed by atoms with Gasteiger partial charge in [0.1, 0.15) is 11.6 Å². The van der Waals surface area contributed by atoms with Gasteiger partial charge in [0.2, 0.25) is 0 Å². The van der Waals surface area contributed by atoms with Gasteiger partial charge in [-0.1, -0.05) is 24.3 Å². The molecule has 0 spiro atoms. The van der Waals surface area contributed by atoms with E-state index in [2.05, 4.69) is 9.88 Å². The summed E-state index contributed by atoms with van der Waals surface area (Å²) < 4.78 is 2.05. The number of rotatable bonds is 4. The van der Waals surface area contributed by atoms with Crippen molar-refractivity contribution < 1.29 is 9.90 Å². The van der Waals surface area contributed by atoms with E-state index in [-0.39, 0.29) is 17.7 Å². The molecule has 0 radical (unpaired) electrons. The molecule has 0 saturated heterocycles. The van der Waals surface area contributed by atoms with E-state index >= 15 is 0 Å². The normalized spacial score (nSPS) is 11.1. The highest BCUT2D eigenvalue weighted by atomic mass is 16.3. The van der Waals surface area contributed by atoms with Gasteiger partial charge in [0.25, 0.3) is 5.91 Å². The van der Waals surface area contributed by atoms with Gasteiger partial charge in [0, 0.05) is 22.9 Å². The van der Waals surface area contributed by atoms with Crippen LogP contribution in [0, 0.1) is 0 Å². The average molecular weight is 371 g/mol. The fourth-order valence-electron chi connectivity index (χ4n) is 3.20. The van der Waals surface area contributed by atoms with Gasteiger partial charge < -0.3 is 10.4 Å². The number of nitrogens with zero attached hydrogens (tertiary/aromatic N) is 2. The van der Waals surface area contributed by atoms with E-state index < -0.39 is 0 Å². The third-order valence-corrected chi connectivity index (χ3v) is 4.49. The van der Waals surface area contributed by atoms with E-state index in [9.17, 15) is 9.90 Å². The largest absolute Gasteiger partial charge is 0.508 e. The van der Waals surface area contributed by atoms with Crippen LogP contribution in [0.2, 0.25) is 0 Å². The Balaban J connectivity index is 1.81. The number of hydrogen-bond donors (Lipinski definition) is 2. The van der Waals surface area contributed by atoms with Crippen LogP contribution in [0.3, 0.4) is 0 Å². The van der Waals surface area contributed by atoms with Crippen LogP contribution < -0.4 is 5.32 Å². The predicted molar refractivity (Wildman–Crippen MR) is 111 cm³/mol. The Bertz CT molecular complexity index is 1130. The average Bonchev–Trinajstić information content (AvgIpc) is 3.08. The Labute approximate surface area is 163 Å². The molecule has 3 aromatic carbocycles. The number of hydrogen-bond acceptors (Lipinski definition) is 3. The molecule has 2 N–H and O–H groups in total. The summed E-state index contributed by atoms with van der Waals surface area (Å²) in [5.74, 6) is 0.909. The van der Waals surface area contributed by atoms with Crippen molar-refractivity contribution >= 4 is 16.9 Å². The number of fused-ring (bicyclic) bond motifs is 1. The summed E-state index contributed by atoms with van der Waals surface area (Å²) in [6.07, 6.45) is 0. The molecular formula is C23H21N3O2. The maximum atomic E-state index is 12.2. The summed E-state index contributed by atoms with van der Waals surface area (Å²) in [6.45, 7) is 3.87. The number of amides is 1. The maximum Gasteiger partial charge on any atom is 0.251 e. The smallest absolute Gasteiger partial charge is 0.251 e. The monoisotopic (exact) mass is 371 g/mol. The second-order valence-corrected chi connectivity index (χ2v) is 6.98. The van der Waals surface area contributed by atoms with Gasteiger partial charge in [-0.25, -0.2) is 4.98 Å². The molecule has 4 rings (SSSR count). The maximum absolute atomic E-state index is 12.2. The lowest BCUT2D eigenvalue weighted by Gasteiger charge is -2.11. The van der Waals surface area contributed by atoms with E-state index in [0.717, 1.165) is 28.1 Å². The van der Waals surface area contributed by atoms with Crippen LogP contribution in [-0.4, -0.2) is 26.6 Å². The molecule has 0 aliphatic heterocycles. The lowest BCUT2D eigenvalue weighted by Crippen LogP contribution is -2.29. The quantitative estimate of drug-likeness (QED) is 0.554. The molecule has 5 nitrogen and oxygen atoms in total. The minimum Gasteiger partial charge on any atom is -0.508 e. The Hall–Kier alpha value is -3.60. The van der Waals surface area contributed by atoms with Gasteiger partial charge in [-0.05, 0) is 62.4 Å². The lowest BCUT2D eigenvalue weighted by atomic mass is 10.1. The molecule has 28 heavy (non-hydrogen) atoms. The van der Waals surface area contributed by atoms with Gasteiger partial charge in [-0.15, -0.1) is 0 Å². The highest BCUT2D eigenvalue weighted by Crippen LogP contribution is 2.29. The zero-order valence-corrected chi connectivity index (χ0v) is 15.8. The molecule has 1 aromatic heterocycles. The van der Waals surface area contributed by atoms with Crippen LogP contribution in [0.1, 0.15) is 24.2 Å². The van der Waals surface area contributed by atoms with Gasteiger partial charge in [0.15, 0.2) is 0 Å². The first-order valence-corrected chi connectivity index (χ1v) is 9.21. The highest BCUT2D eigenvalue weighted by molar-refractivity contribution is 5.95. The first-order chi connectivity index (χ1) is 13.5. The Morgan fingerprint density at radius 2 is 1.64 bits per heavy atom. The number of para-hydroxylation sites is 2. The Kier molecular flexibility index (Phi) is 4.57. The first-order valence-electron chi connectivity index (χ1n) is 9.21. The number of nitrogens with one attached hydrogen (secondary N) is 1. The number of phenolic OH excluding ortho intramolecular Hbond substituents is 1. The topological polar surface area (TPSA) is 67.2 Å². The number of benzene rings is 3.